The van der Waals surface area contributed by atoms with Crippen molar-refractivity contribution in [3.8, 4) is 5.75 Å². The minimum absolute atomic E-state index is 0.444. The molecule has 1 nitrogen and oxygen atoms in total. The van der Waals surface area contributed by atoms with Gasteiger partial charge in [-0.3, -0.25) is 0 Å². The molecule has 0 saturated heterocycles. The van der Waals surface area contributed by atoms with Gasteiger partial charge in [-0.2, -0.15) is 0 Å². The number of benzene rings is 1. The van der Waals surface area contributed by atoms with Gasteiger partial charge >= 0.3 is 0 Å². The molecule has 15 heavy (non-hydrogen) atoms. The second kappa shape index (κ2) is 6.49. The molecule has 0 saturated carbocycles. The zero-order chi connectivity index (χ0) is 11.1. The van der Waals surface area contributed by atoms with Gasteiger partial charge in [0.15, 0.2) is 0 Å². The molecule has 0 bridgehead atoms. The summed E-state index contributed by atoms with van der Waals surface area (Å²) >= 11 is 0. The molecule has 0 radical (unpaired) electrons. The van der Waals surface area contributed by atoms with Crippen LogP contribution in [0.5, 0.6) is 5.75 Å². The van der Waals surface area contributed by atoms with Crippen LogP contribution in [-0.2, 0) is 6.42 Å². The minimum Gasteiger partial charge on any atom is -0.490 e. The predicted octanol–water partition coefficient (Wildman–Crippen LogP) is 4.21. The van der Waals surface area contributed by atoms with E-state index in [4.69, 9.17) is 4.74 Å². The second-order valence-electron chi connectivity index (χ2n) is 4.00. The lowest BCUT2D eigenvalue weighted by molar-refractivity contribution is 0.169. The lowest BCUT2D eigenvalue weighted by Gasteiger charge is -2.24. The zero-order valence-electron chi connectivity index (χ0n) is 10.1. The Labute approximate surface area is 93.5 Å². The molecule has 1 atom stereocenters. The summed E-state index contributed by atoms with van der Waals surface area (Å²) in [6, 6.07) is 8.34. The first-order valence-electron chi connectivity index (χ1n) is 6.06. The molecule has 0 aliphatic carbocycles. The Kier molecular flexibility index (Phi) is 5.23. The monoisotopic (exact) mass is 206 g/mol. The average Bonchev–Trinajstić information content (AvgIpc) is 2.29. The fourth-order valence-electron chi connectivity index (χ4n) is 1.67. The molecule has 0 N–H and O–H groups in total. The van der Waals surface area contributed by atoms with Crippen molar-refractivity contribution in [3.05, 3.63) is 29.8 Å². The van der Waals surface area contributed by atoms with Crippen LogP contribution in [0.15, 0.2) is 24.3 Å². The predicted molar refractivity (Wildman–Crippen MR) is 65.4 cm³/mol. The largest absolute Gasteiger partial charge is 0.490 e. The topological polar surface area (TPSA) is 9.23 Å². The van der Waals surface area contributed by atoms with E-state index in [0.717, 1.165) is 12.2 Å². The first-order valence-corrected chi connectivity index (χ1v) is 6.06. The number of rotatable bonds is 1. The summed E-state index contributed by atoms with van der Waals surface area (Å²) in [6.07, 6.45) is 5.16. The summed E-state index contributed by atoms with van der Waals surface area (Å²) in [5, 5.41) is 0. The zero-order valence-corrected chi connectivity index (χ0v) is 10.1. The van der Waals surface area contributed by atoms with Crippen molar-refractivity contribution < 1.29 is 4.74 Å². The molecule has 1 heterocycles. The first kappa shape index (κ1) is 12.1. The summed E-state index contributed by atoms with van der Waals surface area (Å²) in [7, 11) is 0. The van der Waals surface area contributed by atoms with Crippen LogP contribution in [-0.4, -0.2) is 6.10 Å². The highest BCUT2D eigenvalue weighted by molar-refractivity contribution is 5.34. The molecule has 1 heteroatoms. The van der Waals surface area contributed by atoms with Crippen LogP contribution in [0.3, 0.4) is 0 Å². The Morgan fingerprint density at radius 1 is 1.20 bits per heavy atom. The molecule has 84 valence electrons. The van der Waals surface area contributed by atoms with E-state index in [1.54, 1.807) is 0 Å². The summed E-state index contributed by atoms with van der Waals surface area (Å²) in [4.78, 5) is 0. The van der Waals surface area contributed by atoms with E-state index in [0.29, 0.717) is 6.10 Å². The third kappa shape index (κ3) is 3.58. The minimum atomic E-state index is 0.444. The van der Waals surface area contributed by atoms with Gasteiger partial charge in [-0.25, -0.2) is 0 Å². The Hall–Kier alpha value is -0.980. The molecule has 1 aliphatic heterocycles. The number of ether oxygens (including phenoxy) is 1. The fourth-order valence-corrected chi connectivity index (χ4v) is 1.67. The summed E-state index contributed by atoms with van der Waals surface area (Å²) in [5.41, 5.74) is 1.36. The van der Waals surface area contributed by atoms with Gasteiger partial charge in [-0.15, -0.1) is 0 Å². The average molecular weight is 206 g/mol. The molecule has 1 aromatic rings. The standard InChI is InChI=1S/C11H14O.C3H8/c1-2-10-8-7-9-5-3-4-6-11(9)12-10;1-3-2/h3-6,10H,2,7-8H2,1H3;3H2,1-2H3. The summed E-state index contributed by atoms with van der Waals surface area (Å²) in [5.74, 6) is 1.09. The smallest absolute Gasteiger partial charge is 0.122 e. The van der Waals surface area contributed by atoms with E-state index in [1.807, 2.05) is 6.07 Å². The normalized spacial score (nSPS) is 18.2. The van der Waals surface area contributed by atoms with Gasteiger partial charge < -0.3 is 4.74 Å². The highest BCUT2D eigenvalue weighted by atomic mass is 16.5. The quantitative estimate of drug-likeness (QED) is 0.669. The number of para-hydroxylation sites is 1. The van der Waals surface area contributed by atoms with Crippen molar-refractivity contribution in [3.63, 3.8) is 0 Å². The van der Waals surface area contributed by atoms with Crippen molar-refractivity contribution >= 4 is 0 Å². The van der Waals surface area contributed by atoms with Crippen LogP contribution in [0.25, 0.3) is 0 Å². The van der Waals surface area contributed by atoms with Gasteiger partial charge in [0, 0.05) is 0 Å². The van der Waals surface area contributed by atoms with Crippen molar-refractivity contribution in [1.29, 1.82) is 0 Å². The molecule has 0 aromatic heterocycles. The van der Waals surface area contributed by atoms with Crippen LogP contribution in [0.2, 0.25) is 0 Å². The van der Waals surface area contributed by atoms with Crippen molar-refractivity contribution in [2.45, 2.75) is 52.6 Å². The van der Waals surface area contributed by atoms with E-state index < -0.39 is 0 Å². The van der Waals surface area contributed by atoms with Crippen LogP contribution in [0.1, 0.15) is 45.6 Å². The number of aryl methyl sites for hydroxylation is 1. The van der Waals surface area contributed by atoms with E-state index in [2.05, 4.69) is 39.0 Å². The molecule has 1 aliphatic rings. The SMILES string of the molecule is CCC.CCC1CCc2ccccc2O1. The van der Waals surface area contributed by atoms with E-state index in [1.165, 1.54) is 24.8 Å². The molecule has 1 aromatic carbocycles. The van der Waals surface area contributed by atoms with E-state index in [-0.39, 0.29) is 0 Å². The van der Waals surface area contributed by atoms with Crippen molar-refractivity contribution in [2.24, 2.45) is 0 Å². The highest BCUT2D eigenvalue weighted by Gasteiger charge is 2.16. The lowest BCUT2D eigenvalue weighted by Crippen LogP contribution is -2.21. The van der Waals surface area contributed by atoms with Crippen LogP contribution < -0.4 is 4.74 Å². The molecular weight excluding hydrogens is 184 g/mol. The molecule has 2 rings (SSSR count). The highest BCUT2D eigenvalue weighted by Crippen LogP contribution is 2.27. The fraction of sp³-hybridized carbons (Fsp3) is 0.571. The Morgan fingerprint density at radius 2 is 1.87 bits per heavy atom. The van der Waals surface area contributed by atoms with Gasteiger partial charge in [-0.05, 0) is 30.9 Å². The molecule has 0 amide bonds. The van der Waals surface area contributed by atoms with Gasteiger partial charge in [0.2, 0.25) is 0 Å². The molecule has 0 spiro atoms. The number of hydrogen-bond acceptors (Lipinski definition) is 1. The summed E-state index contributed by atoms with van der Waals surface area (Å²) in [6.45, 7) is 6.43. The Morgan fingerprint density at radius 3 is 2.53 bits per heavy atom. The maximum absolute atomic E-state index is 5.78. The van der Waals surface area contributed by atoms with E-state index >= 15 is 0 Å². The van der Waals surface area contributed by atoms with Gasteiger partial charge in [0.05, 0.1) is 6.10 Å². The van der Waals surface area contributed by atoms with Crippen molar-refractivity contribution in [2.75, 3.05) is 0 Å². The van der Waals surface area contributed by atoms with Crippen LogP contribution in [0.4, 0.5) is 0 Å². The maximum Gasteiger partial charge on any atom is 0.122 e. The molecule has 1 unspecified atom stereocenters. The third-order valence-electron chi connectivity index (χ3n) is 2.46. The Bertz CT molecular complexity index is 280. The van der Waals surface area contributed by atoms with E-state index in [9.17, 15) is 0 Å². The third-order valence-corrected chi connectivity index (χ3v) is 2.46. The molecule has 0 fully saturated rings. The molecular formula is C14H22O. The van der Waals surface area contributed by atoms with Gasteiger partial charge in [-0.1, -0.05) is 45.4 Å². The summed E-state index contributed by atoms with van der Waals surface area (Å²) < 4.78 is 5.78. The maximum atomic E-state index is 5.78. The van der Waals surface area contributed by atoms with Crippen molar-refractivity contribution in [1.82, 2.24) is 0 Å². The second-order valence-corrected chi connectivity index (χ2v) is 4.00. The number of hydrogen-bond donors (Lipinski definition) is 0. The van der Waals surface area contributed by atoms with Gasteiger partial charge in [0.1, 0.15) is 5.75 Å². The van der Waals surface area contributed by atoms with Gasteiger partial charge in [0.25, 0.3) is 0 Å². The number of fused-ring (bicyclic) bond motifs is 1. The Balaban J connectivity index is 0.000000337. The lowest BCUT2D eigenvalue weighted by atomic mass is 10.0. The van der Waals surface area contributed by atoms with Crippen LogP contribution in [0, 0.1) is 0 Å². The van der Waals surface area contributed by atoms with Crippen LogP contribution >= 0.6 is 0 Å². The first-order chi connectivity index (χ1) is 7.31.